The van der Waals surface area contributed by atoms with Crippen molar-refractivity contribution in [2.24, 2.45) is 0 Å². The third kappa shape index (κ3) is 4.10. The van der Waals surface area contributed by atoms with Gasteiger partial charge in [-0.3, -0.25) is 9.78 Å². The minimum atomic E-state index is -0.275. The molecule has 0 aliphatic heterocycles. The van der Waals surface area contributed by atoms with Gasteiger partial charge in [0.25, 0.3) is 5.91 Å². The zero-order chi connectivity index (χ0) is 15.9. The van der Waals surface area contributed by atoms with Crippen LogP contribution in [-0.2, 0) is 6.54 Å². The van der Waals surface area contributed by atoms with Crippen LogP contribution in [0.3, 0.4) is 0 Å². The summed E-state index contributed by atoms with van der Waals surface area (Å²) in [6.07, 6.45) is 6.08. The van der Waals surface area contributed by atoms with Crippen molar-refractivity contribution in [2.45, 2.75) is 6.54 Å². The van der Waals surface area contributed by atoms with E-state index in [9.17, 15) is 4.79 Å². The van der Waals surface area contributed by atoms with Crippen LogP contribution < -0.4 is 10.1 Å². The number of carbonyl (C=O) groups excluding carboxylic acids is 1. The molecule has 114 valence electrons. The van der Waals surface area contributed by atoms with Gasteiger partial charge in [-0.25, -0.2) is 9.97 Å². The molecule has 0 bridgehead atoms. The number of hydrogen-bond acceptors (Lipinski definition) is 5. The molecule has 0 saturated carbocycles. The number of nitrogens with one attached hydrogen (secondary N) is 1. The van der Waals surface area contributed by atoms with Gasteiger partial charge in [-0.1, -0.05) is 24.3 Å². The molecule has 0 aliphatic carbocycles. The molecule has 0 aliphatic rings. The summed E-state index contributed by atoms with van der Waals surface area (Å²) in [4.78, 5) is 23.9. The summed E-state index contributed by atoms with van der Waals surface area (Å²) in [6.45, 7) is 0.355. The van der Waals surface area contributed by atoms with E-state index in [2.05, 4.69) is 20.3 Å². The lowest BCUT2D eigenvalue weighted by molar-refractivity contribution is 0.0945. The Balaban J connectivity index is 1.56. The van der Waals surface area contributed by atoms with Crippen molar-refractivity contribution in [3.63, 3.8) is 0 Å². The van der Waals surface area contributed by atoms with Gasteiger partial charge in [0.1, 0.15) is 11.4 Å². The van der Waals surface area contributed by atoms with Gasteiger partial charge in [-0.15, -0.1) is 0 Å². The highest BCUT2D eigenvalue weighted by molar-refractivity contribution is 5.91. The lowest BCUT2D eigenvalue weighted by atomic mass is 10.3. The Morgan fingerprint density at radius 1 is 1.00 bits per heavy atom. The summed E-state index contributed by atoms with van der Waals surface area (Å²) in [6, 6.07) is 13.0. The van der Waals surface area contributed by atoms with Crippen LogP contribution in [0.1, 0.15) is 16.1 Å². The van der Waals surface area contributed by atoms with Crippen molar-refractivity contribution >= 4 is 5.91 Å². The second-order valence-corrected chi connectivity index (χ2v) is 4.69. The summed E-state index contributed by atoms with van der Waals surface area (Å²) in [5.41, 5.74) is 1.15. The highest BCUT2D eigenvalue weighted by Crippen LogP contribution is 2.18. The number of rotatable bonds is 5. The number of aromatic nitrogens is 3. The van der Waals surface area contributed by atoms with Gasteiger partial charge in [0.15, 0.2) is 0 Å². The standard InChI is InChI=1S/C17H14N4O2/c22-17(15-12-18-8-9-19-15)21-11-13-6-7-16(20-10-13)23-14-4-2-1-3-5-14/h1-10,12H,11H2,(H,21,22). The van der Waals surface area contributed by atoms with Gasteiger partial charge in [-0.2, -0.15) is 0 Å². The molecular formula is C17H14N4O2. The van der Waals surface area contributed by atoms with E-state index in [0.717, 1.165) is 11.3 Å². The minimum absolute atomic E-state index is 0.275. The third-order valence-corrected chi connectivity index (χ3v) is 3.01. The zero-order valence-corrected chi connectivity index (χ0v) is 12.2. The quantitative estimate of drug-likeness (QED) is 0.784. The molecule has 0 fully saturated rings. The summed E-state index contributed by atoms with van der Waals surface area (Å²) in [5.74, 6) is 0.951. The van der Waals surface area contributed by atoms with E-state index in [0.29, 0.717) is 12.4 Å². The van der Waals surface area contributed by atoms with Crippen molar-refractivity contribution in [3.05, 3.63) is 78.5 Å². The van der Waals surface area contributed by atoms with Crippen LogP contribution >= 0.6 is 0 Å². The molecule has 3 aromatic rings. The number of amides is 1. The van der Waals surface area contributed by atoms with Crippen molar-refractivity contribution in [1.82, 2.24) is 20.3 Å². The van der Waals surface area contributed by atoms with E-state index in [1.54, 1.807) is 12.3 Å². The van der Waals surface area contributed by atoms with E-state index in [1.165, 1.54) is 18.6 Å². The smallest absolute Gasteiger partial charge is 0.271 e. The van der Waals surface area contributed by atoms with Gasteiger partial charge < -0.3 is 10.1 Å². The molecule has 0 unspecified atom stereocenters. The summed E-state index contributed by atoms with van der Waals surface area (Å²) in [5, 5.41) is 2.76. The third-order valence-electron chi connectivity index (χ3n) is 3.01. The number of hydrogen-bond donors (Lipinski definition) is 1. The largest absolute Gasteiger partial charge is 0.439 e. The van der Waals surface area contributed by atoms with Crippen molar-refractivity contribution in [1.29, 1.82) is 0 Å². The van der Waals surface area contributed by atoms with E-state index < -0.39 is 0 Å². The predicted molar refractivity (Wildman–Crippen MR) is 84.0 cm³/mol. The molecular weight excluding hydrogens is 292 g/mol. The Morgan fingerprint density at radius 2 is 1.87 bits per heavy atom. The van der Waals surface area contributed by atoms with Crippen LogP contribution in [-0.4, -0.2) is 20.9 Å². The van der Waals surface area contributed by atoms with Gasteiger partial charge in [-0.05, 0) is 17.7 Å². The zero-order valence-electron chi connectivity index (χ0n) is 12.2. The lowest BCUT2D eigenvalue weighted by Crippen LogP contribution is -2.23. The molecule has 1 aromatic carbocycles. The second-order valence-electron chi connectivity index (χ2n) is 4.69. The monoisotopic (exact) mass is 306 g/mol. The van der Waals surface area contributed by atoms with E-state index >= 15 is 0 Å². The fraction of sp³-hybridized carbons (Fsp3) is 0.0588. The van der Waals surface area contributed by atoms with E-state index in [-0.39, 0.29) is 11.6 Å². The molecule has 0 atom stereocenters. The molecule has 1 amide bonds. The molecule has 2 heterocycles. The topological polar surface area (TPSA) is 77.0 Å². The Bertz CT molecular complexity index is 762. The number of pyridine rings is 1. The second kappa shape index (κ2) is 7.13. The highest BCUT2D eigenvalue weighted by atomic mass is 16.5. The van der Waals surface area contributed by atoms with Gasteiger partial charge in [0.2, 0.25) is 5.88 Å². The van der Waals surface area contributed by atoms with Gasteiger partial charge in [0, 0.05) is 31.2 Å². The first-order valence-corrected chi connectivity index (χ1v) is 7.03. The number of para-hydroxylation sites is 1. The van der Waals surface area contributed by atoms with Crippen LogP contribution in [0.4, 0.5) is 0 Å². The maximum atomic E-state index is 11.9. The number of nitrogens with zero attached hydrogens (tertiary/aromatic N) is 3. The Labute approximate surface area is 133 Å². The predicted octanol–water partition coefficient (Wildman–Crippen LogP) is 2.59. The Morgan fingerprint density at radius 3 is 2.57 bits per heavy atom. The molecule has 1 N–H and O–H groups in total. The van der Waals surface area contributed by atoms with Crippen molar-refractivity contribution in [3.8, 4) is 11.6 Å². The van der Waals surface area contributed by atoms with Crippen LogP contribution in [0.5, 0.6) is 11.6 Å². The molecule has 0 radical (unpaired) electrons. The van der Waals surface area contributed by atoms with Crippen LogP contribution in [0, 0.1) is 0 Å². The Hall–Kier alpha value is -3.28. The number of ether oxygens (including phenoxy) is 1. The van der Waals surface area contributed by atoms with Crippen molar-refractivity contribution in [2.75, 3.05) is 0 Å². The van der Waals surface area contributed by atoms with Crippen molar-refractivity contribution < 1.29 is 9.53 Å². The summed E-state index contributed by atoms with van der Waals surface area (Å²) in [7, 11) is 0. The Kier molecular flexibility index (Phi) is 4.54. The first-order chi connectivity index (χ1) is 11.3. The average molecular weight is 306 g/mol. The molecule has 6 nitrogen and oxygen atoms in total. The van der Waals surface area contributed by atoms with Crippen LogP contribution in [0.15, 0.2) is 67.3 Å². The number of carbonyl (C=O) groups is 1. The molecule has 2 aromatic heterocycles. The molecule has 3 rings (SSSR count). The van der Waals surface area contributed by atoms with E-state index in [1.807, 2.05) is 36.4 Å². The summed E-state index contributed by atoms with van der Waals surface area (Å²) >= 11 is 0. The summed E-state index contributed by atoms with van der Waals surface area (Å²) < 4.78 is 5.61. The SMILES string of the molecule is O=C(NCc1ccc(Oc2ccccc2)nc1)c1cnccn1. The minimum Gasteiger partial charge on any atom is -0.439 e. The fourth-order valence-corrected chi connectivity index (χ4v) is 1.87. The van der Waals surface area contributed by atoms with Crippen LogP contribution in [0.2, 0.25) is 0 Å². The van der Waals surface area contributed by atoms with Gasteiger partial charge in [0.05, 0.1) is 6.20 Å². The van der Waals surface area contributed by atoms with Gasteiger partial charge >= 0.3 is 0 Å². The molecule has 0 spiro atoms. The molecule has 0 saturated heterocycles. The lowest BCUT2D eigenvalue weighted by Gasteiger charge is -2.06. The fourth-order valence-electron chi connectivity index (χ4n) is 1.87. The first kappa shape index (κ1) is 14.6. The molecule has 6 heteroatoms. The maximum Gasteiger partial charge on any atom is 0.271 e. The molecule has 23 heavy (non-hydrogen) atoms. The highest BCUT2D eigenvalue weighted by Gasteiger charge is 2.06. The average Bonchev–Trinajstić information content (AvgIpc) is 2.62. The number of benzene rings is 1. The first-order valence-electron chi connectivity index (χ1n) is 7.03. The normalized spacial score (nSPS) is 10.1. The van der Waals surface area contributed by atoms with Crippen LogP contribution in [0.25, 0.3) is 0 Å². The maximum absolute atomic E-state index is 11.9. The van der Waals surface area contributed by atoms with E-state index in [4.69, 9.17) is 4.74 Å².